The largest absolute Gasteiger partial charge is 0.329 e. The van der Waals surface area contributed by atoms with Crippen LogP contribution < -0.4 is 21.9 Å². The highest BCUT2D eigenvalue weighted by molar-refractivity contribution is 5.92. The van der Waals surface area contributed by atoms with Crippen molar-refractivity contribution in [2.75, 3.05) is 5.32 Å². The smallest absolute Gasteiger partial charge is 0.327 e. The van der Waals surface area contributed by atoms with Crippen molar-refractivity contribution in [3.63, 3.8) is 0 Å². The average Bonchev–Trinajstić information content (AvgIpc) is 2.53. The molecule has 1 aromatic heterocycles. The molecule has 0 unspecified atom stereocenters. The molecule has 2 aromatic rings. The second-order valence-corrected chi connectivity index (χ2v) is 5.97. The Balaban J connectivity index is 2.20. The summed E-state index contributed by atoms with van der Waals surface area (Å²) < 4.78 is 1.43. The second kappa shape index (κ2) is 6.35. The lowest BCUT2D eigenvalue weighted by molar-refractivity contribution is 0.248. The van der Waals surface area contributed by atoms with E-state index in [1.54, 1.807) is 0 Å². The van der Waals surface area contributed by atoms with Crippen LogP contribution in [0.2, 0.25) is 0 Å². The number of benzene rings is 1. The summed E-state index contributed by atoms with van der Waals surface area (Å²) in [6.07, 6.45) is 1.67. The molecule has 1 aromatic carbocycles. The monoisotopic (exact) mass is 328 g/mol. The first kappa shape index (κ1) is 16.0. The third-order valence-corrected chi connectivity index (χ3v) is 4.14. The van der Waals surface area contributed by atoms with Crippen molar-refractivity contribution >= 4 is 11.8 Å². The van der Waals surface area contributed by atoms with Crippen LogP contribution in [0.1, 0.15) is 42.5 Å². The lowest BCUT2D eigenvalue weighted by Gasteiger charge is -2.28. The lowest BCUT2D eigenvalue weighted by Crippen LogP contribution is -2.46. The second-order valence-electron chi connectivity index (χ2n) is 5.97. The molecule has 3 rings (SSSR count). The number of aromatic amines is 1. The molecule has 3 N–H and O–H groups in total. The SMILES string of the molecule is CCCCn1c2c(c(=O)[nH]c1=O)[C@@H](c1cccc(C)c1)NC(=O)N2. The van der Waals surface area contributed by atoms with E-state index in [0.29, 0.717) is 12.1 Å². The summed E-state index contributed by atoms with van der Waals surface area (Å²) in [6, 6.07) is 6.57. The van der Waals surface area contributed by atoms with Gasteiger partial charge < -0.3 is 5.32 Å². The Morgan fingerprint density at radius 1 is 1.21 bits per heavy atom. The molecule has 0 saturated heterocycles. The van der Waals surface area contributed by atoms with Gasteiger partial charge in [0.15, 0.2) is 0 Å². The molecular weight excluding hydrogens is 308 g/mol. The van der Waals surface area contributed by atoms with Crippen LogP contribution in [0.3, 0.4) is 0 Å². The van der Waals surface area contributed by atoms with Crippen molar-refractivity contribution in [3.05, 3.63) is 61.8 Å². The van der Waals surface area contributed by atoms with Crippen LogP contribution >= 0.6 is 0 Å². The zero-order chi connectivity index (χ0) is 17.3. The van der Waals surface area contributed by atoms with E-state index in [1.165, 1.54) is 4.57 Å². The fourth-order valence-corrected chi connectivity index (χ4v) is 2.97. The van der Waals surface area contributed by atoms with Gasteiger partial charge in [0.05, 0.1) is 11.6 Å². The van der Waals surface area contributed by atoms with Crippen LogP contribution in [-0.4, -0.2) is 15.6 Å². The van der Waals surface area contributed by atoms with Crippen molar-refractivity contribution in [3.8, 4) is 0 Å². The van der Waals surface area contributed by atoms with E-state index in [9.17, 15) is 14.4 Å². The highest BCUT2D eigenvalue weighted by Gasteiger charge is 2.31. The number of carbonyl (C=O) groups excluding carboxylic acids is 1. The molecule has 7 heteroatoms. The van der Waals surface area contributed by atoms with Gasteiger partial charge in [-0.15, -0.1) is 0 Å². The van der Waals surface area contributed by atoms with Crippen molar-refractivity contribution in [1.29, 1.82) is 0 Å². The molecule has 0 spiro atoms. The summed E-state index contributed by atoms with van der Waals surface area (Å²) in [5.41, 5.74) is 1.20. The summed E-state index contributed by atoms with van der Waals surface area (Å²) >= 11 is 0. The number of fused-ring (bicyclic) bond motifs is 1. The van der Waals surface area contributed by atoms with Gasteiger partial charge in [-0.25, -0.2) is 9.59 Å². The van der Waals surface area contributed by atoms with Crippen LogP contribution in [0.15, 0.2) is 33.9 Å². The zero-order valence-electron chi connectivity index (χ0n) is 13.7. The van der Waals surface area contributed by atoms with Crippen molar-refractivity contribution in [2.45, 2.75) is 39.3 Å². The molecule has 2 heterocycles. The van der Waals surface area contributed by atoms with E-state index in [1.807, 2.05) is 38.1 Å². The molecular formula is C17H20N4O3. The van der Waals surface area contributed by atoms with Gasteiger partial charge in [0.2, 0.25) is 0 Å². The molecule has 1 atom stereocenters. The van der Waals surface area contributed by atoms with Crippen LogP contribution in [0, 0.1) is 6.92 Å². The predicted octanol–water partition coefficient (Wildman–Crippen LogP) is 1.87. The topological polar surface area (TPSA) is 96.0 Å². The van der Waals surface area contributed by atoms with Gasteiger partial charge in [-0.3, -0.25) is 19.7 Å². The van der Waals surface area contributed by atoms with Crippen LogP contribution in [0.4, 0.5) is 10.6 Å². The molecule has 0 fully saturated rings. The van der Waals surface area contributed by atoms with Crippen LogP contribution in [0.25, 0.3) is 0 Å². The highest BCUT2D eigenvalue weighted by Crippen LogP contribution is 2.28. The maximum absolute atomic E-state index is 12.4. The Labute approximate surface area is 138 Å². The number of anilines is 1. The van der Waals surface area contributed by atoms with Crippen molar-refractivity contribution < 1.29 is 4.79 Å². The Kier molecular flexibility index (Phi) is 4.24. The number of urea groups is 1. The molecule has 7 nitrogen and oxygen atoms in total. The highest BCUT2D eigenvalue weighted by atomic mass is 16.2. The molecule has 0 aliphatic carbocycles. The first-order valence-corrected chi connectivity index (χ1v) is 8.02. The number of carbonyl (C=O) groups is 1. The minimum atomic E-state index is -0.592. The first-order chi connectivity index (χ1) is 11.5. The van der Waals surface area contributed by atoms with Gasteiger partial charge >= 0.3 is 11.7 Å². The number of H-pyrrole nitrogens is 1. The minimum absolute atomic E-state index is 0.285. The van der Waals surface area contributed by atoms with Crippen LogP contribution in [0.5, 0.6) is 0 Å². The lowest BCUT2D eigenvalue weighted by atomic mass is 9.97. The van der Waals surface area contributed by atoms with E-state index >= 15 is 0 Å². The van der Waals surface area contributed by atoms with Crippen molar-refractivity contribution in [1.82, 2.24) is 14.9 Å². The molecule has 1 aliphatic heterocycles. The maximum Gasteiger partial charge on any atom is 0.329 e. The average molecular weight is 328 g/mol. The third kappa shape index (κ3) is 2.84. The first-order valence-electron chi connectivity index (χ1n) is 8.02. The summed E-state index contributed by atoms with van der Waals surface area (Å²) in [7, 11) is 0. The number of nitrogens with zero attached hydrogens (tertiary/aromatic N) is 1. The summed E-state index contributed by atoms with van der Waals surface area (Å²) in [5.74, 6) is 0.285. The molecule has 0 radical (unpaired) electrons. The van der Waals surface area contributed by atoms with E-state index in [0.717, 1.165) is 24.0 Å². The summed E-state index contributed by atoms with van der Waals surface area (Å²) in [5, 5.41) is 5.40. The summed E-state index contributed by atoms with van der Waals surface area (Å²) in [6.45, 7) is 4.40. The number of aromatic nitrogens is 2. The molecule has 24 heavy (non-hydrogen) atoms. The molecule has 126 valence electrons. The minimum Gasteiger partial charge on any atom is -0.327 e. The van der Waals surface area contributed by atoms with Gasteiger partial charge in [0.25, 0.3) is 5.56 Å². The van der Waals surface area contributed by atoms with E-state index < -0.39 is 23.3 Å². The molecule has 1 aliphatic rings. The Morgan fingerprint density at radius 2 is 2.00 bits per heavy atom. The molecule has 0 bridgehead atoms. The Bertz CT molecular complexity index is 897. The van der Waals surface area contributed by atoms with Crippen LogP contribution in [-0.2, 0) is 6.54 Å². The van der Waals surface area contributed by atoms with Gasteiger partial charge in [0.1, 0.15) is 5.82 Å². The Morgan fingerprint density at radius 3 is 2.71 bits per heavy atom. The quantitative estimate of drug-likeness (QED) is 0.799. The number of rotatable bonds is 4. The molecule has 0 saturated carbocycles. The summed E-state index contributed by atoms with van der Waals surface area (Å²) in [4.78, 5) is 39.0. The molecule has 2 amide bonds. The Hall–Kier alpha value is -2.83. The fourth-order valence-electron chi connectivity index (χ4n) is 2.97. The van der Waals surface area contributed by atoms with Gasteiger partial charge in [-0.2, -0.15) is 0 Å². The third-order valence-electron chi connectivity index (χ3n) is 4.14. The van der Waals surface area contributed by atoms with E-state index in [-0.39, 0.29) is 5.82 Å². The number of aryl methyl sites for hydroxylation is 1. The maximum atomic E-state index is 12.4. The number of hydrogen-bond acceptors (Lipinski definition) is 3. The zero-order valence-corrected chi connectivity index (χ0v) is 13.7. The van der Waals surface area contributed by atoms with Gasteiger partial charge in [0, 0.05) is 6.54 Å². The van der Waals surface area contributed by atoms with Gasteiger partial charge in [-0.05, 0) is 18.9 Å². The number of nitrogens with one attached hydrogen (secondary N) is 3. The predicted molar refractivity (Wildman–Crippen MR) is 91.4 cm³/mol. The number of hydrogen-bond donors (Lipinski definition) is 3. The normalized spacial score (nSPS) is 16.2. The van der Waals surface area contributed by atoms with E-state index in [2.05, 4.69) is 15.6 Å². The van der Waals surface area contributed by atoms with Crippen molar-refractivity contribution in [2.24, 2.45) is 0 Å². The van der Waals surface area contributed by atoms with E-state index in [4.69, 9.17) is 0 Å². The fraction of sp³-hybridized carbons (Fsp3) is 0.353. The number of amides is 2. The number of unbranched alkanes of at least 4 members (excludes halogenated alkanes) is 1. The standard InChI is InChI=1S/C17H20N4O3/c1-3-4-8-21-14-12(15(22)20-17(21)24)13(18-16(23)19-14)11-7-5-6-10(2)9-11/h5-7,9,13H,3-4,8H2,1-2H3,(H2,18,19,23)(H,20,22,24)/t13-/m1/s1. The van der Waals surface area contributed by atoms with Gasteiger partial charge in [-0.1, -0.05) is 43.2 Å².